The number of benzene rings is 4. The molecule has 2 heterocycles. The highest BCUT2D eigenvalue weighted by Crippen LogP contribution is 2.44. The highest BCUT2D eigenvalue weighted by atomic mass is 16.3. The Morgan fingerprint density at radius 1 is 0.500 bits per heavy atom. The molecule has 6 rings (SSSR count). The molecule has 0 fully saturated rings. The van der Waals surface area contributed by atoms with E-state index in [1.807, 2.05) is 36.4 Å². The molecule has 2 aromatic heterocycles. The van der Waals surface area contributed by atoms with E-state index in [2.05, 4.69) is 48.5 Å². The van der Waals surface area contributed by atoms with Gasteiger partial charge in [0.1, 0.15) is 22.3 Å². The fourth-order valence-corrected chi connectivity index (χ4v) is 3.94. The van der Waals surface area contributed by atoms with Crippen molar-refractivity contribution in [1.82, 2.24) is 0 Å². The minimum atomic E-state index is 0.893. The summed E-state index contributed by atoms with van der Waals surface area (Å²) in [5.74, 6) is 0. The van der Waals surface area contributed by atoms with Gasteiger partial charge >= 0.3 is 0 Å². The van der Waals surface area contributed by atoms with Crippen LogP contribution >= 0.6 is 0 Å². The van der Waals surface area contributed by atoms with Gasteiger partial charge in [-0.2, -0.15) is 0 Å². The second-order valence-corrected chi connectivity index (χ2v) is 6.56. The van der Waals surface area contributed by atoms with Crippen molar-refractivity contribution in [3.05, 3.63) is 84.9 Å². The lowest BCUT2D eigenvalue weighted by molar-refractivity contribution is 0.664. The highest BCUT2D eigenvalue weighted by molar-refractivity contribution is 6.23. The van der Waals surface area contributed by atoms with Crippen molar-refractivity contribution in [2.24, 2.45) is 0 Å². The third-order valence-corrected chi connectivity index (χ3v) is 5.07. The molecule has 6 aromatic rings. The Labute approximate surface area is 149 Å². The van der Waals surface area contributed by atoms with Crippen molar-refractivity contribution >= 4 is 43.9 Å². The van der Waals surface area contributed by atoms with Crippen LogP contribution in [0, 0.1) is 0 Å². The zero-order valence-electron chi connectivity index (χ0n) is 13.9. The monoisotopic (exact) mass is 334 g/mol. The van der Waals surface area contributed by atoms with Crippen LogP contribution in [0.3, 0.4) is 0 Å². The maximum Gasteiger partial charge on any atom is 0.144 e. The Balaban J connectivity index is 1.93. The molecule has 0 unspecified atom stereocenters. The van der Waals surface area contributed by atoms with Crippen LogP contribution in [0.25, 0.3) is 55.0 Å². The Hall–Kier alpha value is -3.52. The second kappa shape index (κ2) is 4.99. The molecule has 0 aliphatic carbocycles. The first kappa shape index (κ1) is 13.7. The predicted octanol–water partition coefficient (Wildman–Crippen LogP) is 7.15. The molecule has 0 aliphatic heterocycles. The molecule has 4 aromatic carbocycles. The van der Waals surface area contributed by atoms with Crippen LogP contribution < -0.4 is 0 Å². The van der Waals surface area contributed by atoms with Crippen molar-refractivity contribution in [2.75, 3.05) is 0 Å². The van der Waals surface area contributed by atoms with E-state index in [0.717, 1.165) is 55.0 Å². The van der Waals surface area contributed by atoms with Gasteiger partial charge in [-0.3, -0.25) is 0 Å². The van der Waals surface area contributed by atoms with Crippen molar-refractivity contribution < 1.29 is 8.83 Å². The van der Waals surface area contributed by atoms with Gasteiger partial charge in [-0.1, -0.05) is 66.7 Å². The molecule has 26 heavy (non-hydrogen) atoms. The lowest BCUT2D eigenvalue weighted by Gasteiger charge is -2.05. The van der Waals surface area contributed by atoms with E-state index in [1.165, 1.54) is 0 Å². The van der Waals surface area contributed by atoms with Crippen LogP contribution in [0.4, 0.5) is 0 Å². The van der Waals surface area contributed by atoms with Crippen molar-refractivity contribution in [1.29, 1.82) is 0 Å². The SMILES string of the molecule is c1ccc(-c2c3oc4ccccc4c3cc3oc4ccccc4c23)cc1. The third-order valence-electron chi connectivity index (χ3n) is 5.07. The van der Waals surface area contributed by atoms with E-state index in [1.54, 1.807) is 0 Å². The average Bonchev–Trinajstić information content (AvgIpc) is 3.25. The number of hydrogen-bond donors (Lipinski definition) is 0. The number of rotatable bonds is 1. The molecule has 2 nitrogen and oxygen atoms in total. The molecule has 0 spiro atoms. The first-order valence-electron chi connectivity index (χ1n) is 8.71. The number of hydrogen-bond acceptors (Lipinski definition) is 2. The average molecular weight is 334 g/mol. The Bertz CT molecular complexity index is 1410. The van der Waals surface area contributed by atoms with E-state index in [9.17, 15) is 0 Å². The highest BCUT2D eigenvalue weighted by Gasteiger charge is 2.20. The molecule has 0 bridgehead atoms. The van der Waals surface area contributed by atoms with E-state index < -0.39 is 0 Å². The predicted molar refractivity (Wildman–Crippen MR) is 106 cm³/mol. The first-order valence-corrected chi connectivity index (χ1v) is 8.71. The fraction of sp³-hybridized carbons (Fsp3) is 0. The van der Waals surface area contributed by atoms with E-state index in [4.69, 9.17) is 8.83 Å². The van der Waals surface area contributed by atoms with Crippen LogP contribution in [-0.2, 0) is 0 Å². The lowest BCUT2D eigenvalue weighted by Crippen LogP contribution is -1.81. The normalized spacial score (nSPS) is 11.8. The minimum Gasteiger partial charge on any atom is -0.456 e. The standard InChI is InChI=1S/C24H14O2/c1-2-8-15(9-3-1)22-23-17-11-5-7-13-20(17)25-21(23)14-18-16-10-4-6-12-19(16)26-24(18)22/h1-14H. The summed E-state index contributed by atoms with van der Waals surface area (Å²) >= 11 is 0. The van der Waals surface area contributed by atoms with Crippen molar-refractivity contribution in [2.45, 2.75) is 0 Å². The summed E-state index contributed by atoms with van der Waals surface area (Å²) in [6.07, 6.45) is 0. The summed E-state index contributed by atoms with van der Waals surface area (Å²) in [5, 5.41) is 4.43. The lowest BCUT2D eigenvalue weighted by atomic mass is 9.96. The summed E-state index contributed by atoms with van der Waals surface area (Å²) < 4.78 is 12.5. The first-order chi connectivity index (χ1) is 12.9. The largest absolute Gasteiger partial charge is 0.456 e. The fourth-order valence-electron chi connectivity index (χ4n) is 3.94. The van der Waals surface area contributed by atoms with Crippen LogP contribution in [0.1, 0.15) is 0 Å². The molecule has 0 atom stereocenters. The van der Waals surface area contributed by atoms with Gasteiger partial charge in [0.15, 0.2) is 0 Å². The molecule has 2 heteroatoms. The Kier molecular flexibility index (Phi) is 2.64. The molecule has 0 radical (unpaired) electrons. The van der Waals surface area contributed by atoms with Crippen molar-refractivity contribution in [3.63, 3.8) is 0 Å². The third kappa shape index (κ3) is 1.76. The van der Waals surface area contributed by atoms with Crippen LogP contribution in [-0.4, -0.2) is 0 Å². The van der Waals surface area contributed by atoms with Gasteiger partial charge in [0.25, 0.3) is 0 Å². The zero-order chi connectivity index (χ0) is 17.1. The smallest absolute Gasteiger partial charge is 0.144 e. The summed E-state index contributed by atoms with van der Waals surface area (Å²) in [5.41, 5.74) is 5.83. The quantitative estimate of drug-likeness (QED) is 0.319. The molecule has 0 saturated carbocycles. The molecule has 0 aliphatic rings. The zero-order valence-corrected chi connectivity index (χ0v) is 13.9. The van der Waals surface area contributed by atoms with Crippen LogP contribution in [0.5, 0.6) is 0 Å². The van der Waals surface area contributed by atoms with Gasteiger partial charge in [0.05, 0.1) is 0 Å². The number of fused-ring (bicyclic) bond motifs is 6. The molecule has 0 saturated heterocycles. The Morgan fingerprint density at radius 2 is 1.15 bits per heavy atom. The van der Waals surface area contributed by atoms with E-state index in [-0.39, 0.29) is 0 Å². The molecular weight excluding hydrogens is 320 g/mol. The van der Waals surface area contributed by atoms with Crippen LogP contribution in [0.15, 0.2) is 93.8 Å². The summed E-state index contributed by atoms with van der Waals surface area (Å²) in [7, 11) is 0. The van der Waals surface area contributed by atoms with E-state index >= 15 is 0 Å². The second-order valence-electron chi connectivity index (χ2n) is 6.56. The summed E-state index contributed by atoms with van der Waals surface area (Å²) in [4.78, 5) is 0. The maximum atomic E-state index is 6.32. The van der Waals surface area contributed by atoms with Crippen LogP contribution in [0.2, 0.25) is 0 Å². The van der Waals surface area contributed by atoms with Gasteiger partial charge in [0.2, 0.25) is 0 Å². The molecular formula is C24H14O2. The summed E-state index contributed by atoms with van der Waals surface area (Å²) in [6.45, 7) is 0. The van der Waals surface area contributed by atoms with Gasteiger partial charge < -0.3 is 8.83 Å². The minimum absolute atomic E-state index is 0.893. The molecule has 122 valence electrons. The number of furan rings is 2. The van der Waals surface area contributed by atoms with Gasteiger partial charge in [-0.15, -0.1) is 0 Å². The molecule has 0 amide bonds. The van der Waals surface area contributed by atoms with E-state index in [0.29, 0.717) is 0 Å². The summed E-state index contributed by atoms with van der Waals surface area (Å²) in [6, 6.07) is 28.9. The molecule has 0 N–H and O–H groups in total. The van der Waals surface area contributed by atoms with Gasteiger partial charge in [-0.25, -0.2) is 0 Å². The van der Waals surface area contributed by atoms with Gasteiger partial charge in [-0.05, 0) is 23.8 Å². The maximum absolute atomic E-state index is 6.32. The topological polar surface area (TPSA) is 26.3 Å². The van der Waals surface area contributed by atoms with Gasteiger partial charge in [0, 0.05) is 27.1 Å². The number of para-hydroxylation sites is 2. The van der Waals surface area contributed by atoms with Crippen molar-refractivity contribution in [3.8, 4) is 11.1 Å². The Morgan fingerprint density at radius 3 is 1.96 bits per heavy atom.